The van der Waals surface area contributed by atoms with Gasteiger partial charge in [-0.1, -0.05) is 13.3 Å². The number of aliphatic hydroxyl groups excluding tert-OH is 1. The minimum absolute atomic E-state index is 0.222. The largest absolute Gasteiger partial charge is 0.390 e. The predicted octanol–water partition coefficient (Wildman–Crippen LogP) is 3.77. The number of hydrogen-bond acceptors (Lipinski definition) is 2. The van der Waals surface area contributed by atoms with Gasteiger partial charge in [0.2, 0.25) is 0 Å². The van der Waals surface area contributed by atoms with Gasteiger partial charge in [0.25, 0.3) is 0 Å². The van der Waals surface area contributed by atoms with Gasteiger partial charge in [0, 0.05) is 0 Å². The van der Waals surface area contributed by atoms with E-state index >= 15 is 0 Å². The van der Waals surface area contributed by atoms with Crippen molar-refractivity contribution in [2.24, 2.45) is 23.2 Å². The van der Waals surface area contributed by atoms with Crippen LogP contribution in [0.15, 0.2) is 0 Å². The van der Waals surface area contributed by atoms with Gasteiger partial charge in [-0.2, -0.15) is 0 Å². The molecule has 110 valence electrons. The summed E-state index contributed by atoms with van der Waals surface area (Å²) in [5, 5.41) is 10.7. The molecule has 4 aliphatic rings. The molecule has 0 aromatic rings. The normalized spacial score (nSPS) is 43.4. The SMILES string of the molecule is CCCC(C)OCC(O)C12CC3CC(CC(C3)C1)C2. The Kier molecular flexibility index (Phi) is 3.92. The van der Waals surface area contributed by atoms with Crippen molar-refractivity contribution < 1.29 is 9.84 Å². The molecule has 2 nitrogen and oxygen atoms in total. The van der Waals surface area contributed by atoms with Crippen LogP contribution in [0, 0.1) is 23.2 Å². The molecular formula is C17H30O2. The molecule has 2 heteroatoms. The van der Waals surface area contributed by atoms with Crippen LogP contribution in [-0.4, -0.2) is 23.9 Å². The van der Waals surface area contributed by atoms with E-state index in [1.54, 1.807) is 0 Å². The summed E-state index contributed by atoms with van der Waals surface area (Å²) < 4.78 is 5.88. The van der Waals surface area contributed by atoms with E-state index in [2.05, 4.69) is 13.8 Å². The van der Waals surface area contributed by atoms with E-state index in [1.165, 1.54) is 38.5 Å². The van der Waals surface area contributed by atoms with Crippen LogP contribution in [-0.2, 0) is 4.74 Å². The zero-order valence-electron chi connectivity index (χ0n) is 12.6. The zero-order chi connectivity index (χ0) is 13.5. The molecule has 0 aromatic carbocycles. The molecule has 0 amide bonds. The lowest BCUT2D eigenvalue weighted by atomic mass is 9.48. The van der Waals surface area contributed by atoms with Gasteiger partial charge in [-0.25, -0.2) is 0 Å². The Morgan fingerprint density at radius 2 is 1.63 bits per heavy atom. The van der Waals surface area contributed by atoms with Gasteiger partial charge in [-0.15, -0.1) is 0 Å². The fraction of sp³-hybridized carbons (Fsp3) is 1.00. The van der Waals surface area contributed by atoms with Crippen molar-refractivity contribution in [2.75, 3.05) is 6.61 Å². The summed E-state index contributed by atoms with van der Waals surface area (Å²) in [6.07, 6.45) is 10.5. The maximum absolute atomic E-state index is 10.7. The van der Waals surface area contributed by atoms with Crippen LogP contribution in [0.25, 0.3) is 0 Å². The van der Waals surface area contributed by atoms with Gasteiger partial charge >= 0.3 is 0 Å². The first-order valence-corrected chi connectivity index (χ1v) is 8.41. The van der Waals surface area contributed by atoms with Gasteiger partial charge in [-0.05, 0) is 75.0 Å². The molecule has 0 aliphatic heterocycles. The molecule has 4 saturated carbocycles. The van der Waals surface area contributed by atoms with Crippen LogP contribution in [0.5, 0.6) is 0 Å². The summed E-state index contributed by atoms with van der Waals surface area (Å²) in [5.74, 6) is 2.73. The van der Waals surface area contributed by atoms with Crippen LogP contribution in [0.4, 0.5) is 0 Å². The number of ether oxygens (including phenoxy) is 1. The number of hydrogen-bond donors (Lipinski definition) is 1. The summed E-state index contributed by atoms with van der Waals surface area (Å²) >= 11 is 0. The molecule has 0 spiro atoms. The smallest absolute Gasteiger partial charge is 0.0830 e. The second kappa shape index (κ2) is 5.37. The molecule has 1 N–H and O–H groups in total. The third-order valence-corrected chi connectivity index (χ3v) is 6.03. The molecule has 0 saturated heterocycles. The molecular weight excluding hydrogens is 236 g/mol. The second-order valence-corrected chi connectivity index (χ2v) is 7.73. The van der Waals surface area contributed by atoms with E-state index < -0.39 is 0 Å². The van der Waals surface area contributed by atoms with Gasteiger partial charge in [0.05, 0.1) is 18.8 Å². The molecule has 4 bridgehead atoms. The minimum atomic E-state index is -0.222. The minimum Gasteiger partial charge on any atom is -0.390 e. The van der Waals surface area contributed by atoms with Crippen LogP contribution < -0.4 is 0 Å². The molecule has 4 fully saturated rings. The first-order valence-electron chi connectivity index (χ1n) is 8.41. The molecule has 19 heavy (non-hydrogen) atoms. The van der Waals surface area contributed by atoms with Crippen molar-refractivity contribution >= 4 is 0 Å². The van der Waals surface area contributed by atoms with Crippen molar-refractivity contribution in [3.05, 3.63) is 0 Å². The van der Waals surface area contributed by atoms with Gasteiger partial charge in [-0.3, -0.25) is 0 Å². The Labute approximate surface area is 117 Å². The van der Waals surface area contributed by atoms with Gasteiger partial charge in [0.1, 0.15) is 0 Å². The molecule has 4 aliphatic carbocycles. The Morgan fingerprint density at radius 3 is 2.11 bits per heavy atom. The van der Waals surface area contributed by atoms with Crippen LogP contribution in [0.1, 0.15) is 65.2 Å². The molecule has 2 unspecified atom stereocenters. The predicted molar refractivity (Wildman–Crippen MR) is 76.9 cm³/mol. The lowest BCUT2D eigenvalue weighted by Gasteiger charge is -2.58. The van der Waals surface area contributed by atoms with Gasteiger partial charge in [0.15, 0.2) is 0 Å². The quantitative estimate of drug-likeness (QED) is 0.793. The number of rotatable bonds is 6. The summed E-state index contributed by atoms with van der Waals surface area (Å²) in [6.45, 7) is 4.89. The van der Waals surface area contributed by atoms with Gasteiger partial charge < -0.3 is 9.84 Å². The monoisotopic (exact) mass is 266 g/mol. The summed E-state index contributed by atoms with van der Waals surface area (Å²) in [7, 11) is 0. The maximum atomic E-state index is 10.7. The summed E-state index contributed by atoms with van der Waals surface area (Å²) in [5.41, 5.74) is 0.223. The van der Waals surface area contributed by atoms with Crippen molar-refractivity contribution in [1.82, 2.24) is 0 Å². The summed E-state index contributed by atoms with van der Waals surface area (Å²) in [4.78, 5) is 0. The molecule has 4 rings (SSSR count). The Hall–Kier alpha value is -0.0800. The third kappa shape index (κ3) is 2.71. The van der Waals surface area contributed by atoms with Crippen molar-refractivity contribution in [3.63, 3.8) is 0 Å². The maximum Gasteiger partial charge on any atom is 0.0830 e. The standard InChI is InChI=1S/C17H30O2/c1-3-4-12(2)19-11-16(18)17-8-13-5-14(9-17)7-15(6-13)10-17/h12-16,18H,3-11H2,1-2H3. The zero-order valence-corrected chi connectivity index (χ0v) is 12.6. The highest BCUT2D eigenvalue weighted by Crippen LogP contribution is 2.61. The molecule has 2 atom stereocenters. The second-order valence-electron chi connectivity index (χ2n) is 7.73. The lowest BCUT2D eigenvalue weighted by molar-refractivity contribution is -0.145. The highest BCUT2D eigenvalue weighted by molar-refractivity contribution is 5.04. The Balaban J connectivity index is 1.58. The molecule has 0 heterocycles. The first-order chi connectivity index (χ1) is 9.11. The van der Waals surface area contributed by atoms with E-state index in [0.29, 0.717) is 12.7 Å². The van der Waals surface area contributed by atoms with Crippen molar-refractivity contribution in [1.29, 1.82) is 0 Å². The van der Waals surface area contributed by atoms with E-state index in [-0.39, 0.29) is 11.5 Å². The van der Waals surface area contributed by atoms with Crippen molar-refractivity contribution in [2.45, 2.75) is 77.4 Å². The van der Waals surface area contributed by atoms with E-state index in [1.807, 2.05) is 0 Å². The lowest BCUT2D eigenvalue weighted by Crippen LogP contribution is -2.53. The average molecular weight is 266 g/mol. The third-order valence-electron chi connectivity index (χ3n) is 6.03. The van der Waals surface area contributed by atoms with Crippen molar-refractivity contribution in [3.8, 4) is 0 Å². The Morgan fingerprint density at radius 1 is 1.11 bits per heavy atom. The van der Waals surface area contributed by atoms with Crippen LogP contribution in [0.2, 0.25) is 0 Å². The molecule has 0 radical (unpaired) electrons. The van der Waals surface area contributed by atoms with E-state index in [9.17, 15) is 5.11 Å². The van der Waals surface area contributed by atoms with E-state index in [0.717, 1.165) is 30.6 Å². The summed E-state index contributed by atoms with van der Waals surface area (Å²) in [6, 6.07) is 0. The fourth-order valence-electron chi connectivity index (χ4n) is 5.51. The first kappa shape index (κ1) is 13.9. The number of aliphatic hydroxyl groups is 1. The average Bonchev–Trinajstić information content (AvgIpc) is 2.34. The highest BCUT2D eigenvalue weighted by atomic mass is 16.5. The fourth-order valence-corrected chi connectivity index (χ4v) is 5.51. The Bertz CT molecular complexity index is 277. The topological polar surface area (TPSA) is 29.5 Å². The van der Waals surface area contributed by atoms with E-state index in [4.69, 9.17) is 4.74 Å². The van der Waals surface area contributed by atoms with Crippen LogP contribution >= 0.6 is 0 Å². The molecule has 0 aromatic heterocycles. The highest BCUT2D eigenvalue weighted by Gasteiger charge is 2.53. The van der Waals surface area contributed by atoms with Crippen LogP contribution in [0.3, 0.4) is 0 Å².